The molecule has 1 amide bonds. The minimum absolute atomic E-state index is 0.0906. The molecule has 3 rings (SSSR count). The summed E-state index contributed by atoms with van der Waals surface area (Å²) < 4.78 is 36.9. The first-order valence-corrected chi connectivity index (χ1v) is 10.5. The van der Waals surface area contributed by atoms with Gasteiger partial charge in [0.25, 0.3) is 5.89 Å². The largest absolute Gasteiger partial charge is 0.612 e. The normalized spacial score (nSPS) is 17.5. The summed E-state index contributed by atoms with van der Waals surface area (Å²) in [6, 6.07) is 4.27. The molecule has 1 aromatic heterocycles. The summed E-state index contributed by atoms with van der Waals surface area (Å²) >= 11 is -1.42. The molecule has 0 spiro atoms. The van der Waals surface area contributed by atoms with Crippen LogP contribution in [0.2, 0.25) is 0 Å². The summed E-state index contributed by atoms with van der Waals surface area (Å²) in [5.41, 5.74) is 0.423. The van der Waals surface area contributed by atoms with Gasteiger partial charge in [-0.3, -0.25) is 0 Å². The first-order chi connectivity index (χ1) is 13.4. The highest BCUT2D eigenvalue weighted by atomic mass is 32.2. The second-order valence-corrected chi connectivity index (χ2v) is 7.91. The fourth-order valence-electron chi connectivity index (χ4n) is 3.10. The summed E-state index contributed by atoms with van der Waals surface area (Å²) in [7, 11) is 0. The number of rotatable bonds is 6. The molecule has 0 aliphatic carbocycles. The van der Waals surface area contributed by atoms with Gasteiger partial charge in [0.15, 0.2) is 10.7 Å². The molecule has 1 N–H and O–H groups in total. The summed E-state index contributed by atoms with van der Waals surface area (Å²) in [4.78, 5) is 16.8. The van der Waals surface area contributed by atoms with Crippen molar-refractivity contribution < 1.29 is 28.1 Å². The van der Waals surface area contributed by atoms with Gasteiger partial charge in [-0.1, -0.05) is 12.1 Å². The Kier molecular flexibility index (Phi) is 6.53. The van der Waals surface area contributed by atoms with Gasteiger partial charge < -0.3 is 23.8 Å². The fourth-order valence-corrected chi connectivity index (χ4v) is 3.69. The molecular formula is C18H22FN3O5S. The molecule has 2 heterocycles. The molecule has 2 unspecified atom stereocenters. The Hall–Kier alpha value is -2.17. The lowest BCUT2D eigenvalue weighted by Crippen LogP contribution is -2.40. The van der Waals surface area contributed by atoms with Crippen LogP contribution in [0.3, 0.4) is 0 Å². The van der Waals surface area contributed by atoms with Crippen molar-refractivity contribution in [1.82, 2.24) is 15.0 Å². The zero-order valence-electron chi connectivity index (χ0n) is 15.6. The van der Waals surface area contributed by atoms with Gasteiger partial charge in [0.1, 0.15) is 12.4 Å². The second-order valence-electron chi connectivity index (χ2n) is 6.56. The van der Waals surface area contributed by atoms with Crippen molar-refractivity contribution in [2.24, 2.45) is 0 Å². The van der Waals surface area contributed by atoms with E-state index in [2.05, 4.69) is 10.1 Å². The molecule has 28 heavy (non-hydrogen) atoms. The molecule has 0 bridgehead atoms. The number of nitrogens with zero attached hydrogens (tertiary/aromatic N) is 3. The van der Waals surface area contributed by atoms with Gasteiger partial charge in [-0.2, -0.15) is 4.98 Å². The van der Waals surface area contributed by atoms with E-state index in [0.717, 1.165) is 0 Å². The molecule has 2 atom stereocenters. The van der Waals surface area contributed by atoms with Crippen LogP contribution >= 0.6 is 0 Å². The Bertz CT molecular complexity index is 823. The maximum absolute atomic E-state index is 14.1. The fraction of sp³-hybridized carbons (Fsp3) is 0.500. The zero-order valence-corrected chi connectivity index (χ0v) is 16.4. The molecule has 1 aliphatic heterocycles. The predicted molar refractivity (Wildman–Crippen MR) is 98.8 cm³/mol. The van der Waals surface area contributed by atoms with Crippen molar-refractivity contribution >= 4 is 17.3 Å². The van der Waals surface area contributed by atoms with Gasteiger partial charge in [0, 0.05) is 18.7 Å². The van der Waals surface area contributed by atoms with E-state index >= 15 is 0 Å². The number of ether oxygens (including phenoxy) is 1. The summed E-state index contributed by atoms with van der Waals surface area (Å²) in [6.45, 7) is 2.78. The van der Waals surface area contributed by atoms with Crippen LogP contribution in [0.1, 0.15) is 38.2 Å². The summed E-state index contributed by atoms with van der Waals surface area (Å²) in [5, 5.41) is 12.9. The third-order valence-electron chi connectivity index (χ3n) is 4.66. The minimum Gasteiger partial charge on any atom is -0.612 e. The molecule has 0 radical (unpaired) electrons. The monoisotopic (exact) mass is 411 g/mol. The SMILES string of the molecule is CCC(OC1CCN(C(=O)O)CC1)c1nc(-c2ccc([S+](C)[O-])c(F)c2)no1. The molecule has 1 aromatic carbocycles. The summed E-state index contributed by atoms with van der Waals surface area (Å²) in [5.74, 6) is -0.0648. The Morgan fingerprint density at radius 3 is 2.79 bits per heavy atom. The number of piperidine rings is 1. The molecule has 1 saturated heterocycles. The first kappa shape index (κ1) is 20.6. The Balaban J connectivity index is 1.68. The van der Waals surface area contributed by atoms with Crippen molar-refractivity contribution in [3.63, 3.8) is 0 Å². The Morgan fingerprint density at radius 2 is 2.21 bits per heavy atom. The van der Waals surface area contributed by atoms with Crippen LogP contribution in [0, 0.1) is 5.82 Å². The molecule has 10 heteroatoms. The quantitative estimate of drug-likeness (QED) is 0.726. The number of hydrogen-bond donors (Lipinski definition) is 1. The average molecular weight is 411 g/mol. The van der Waals surface area contributed by atoms with Gasteiger partial charge in [0.05, 0.1) is 6.10 Å². The van der Waals surface area contributed by atoms with E-state index in [-0.39, 0.29) is 16.8 Å². The van der Waals surface area contributed by atoms with Crippen LogP contribution in [-0.4, -0.2) is 56.2 Å². The lowest BCUT2D eigenvalue weighted by Gasteiger charge is -2.31. The molecule has 8 nitrogen and oxygen atoms in total. The van der Waals surface area contributed by atoms with Gasteiger partial charge >= 0.3 is 6.09 Å². The van der Waals surface area contributed by atoms with Crippen LogP contribution in [0.5, 0.6) is 0 Å². The number of hydrogen-bond acceptors (Lipinski definition) is 6. The Labute approximate surface area is 164 Å². The second kappa shape index (κ2) is 8.89. The predicted octanol–water partition coefficient (Wildman–Crippen LogP) is 3.22. The van der Waals surface area contributed by atoms with Gasteiger partial charge in [-0.15, -0.1) is 0 Å². The average Bonchev–Trinajstić information content (AvgIpc) is 3.16. The van der Waals surface area contributed by atoms with Crippen LogP contribution in [-0.2, 0) is 15.9 Å². The van der Waals surface area contributed by atoms with Crippen LogP contribution in [0.15, 0.2) is 27.6 Å². The van der Waals surface area contributed by atoms with Crippen LogP contribution in [0.4, 0.5) is 9.18 Å². The van der Waals surface area contributed by atoms with Crippen LogP contribution in [0.25, 0.3) is 11.4 Å². The first-order valence-electron chi connectivity index (χ1n) is 8.99. The van der Waals surface area contributed by atoms with Crippen molar-refractivity contribution in [3.8, 4) is 11.4 Å². The number of benzene rings is 1. The summed E-state index contributed by atoms with van der Waals surface area (Å²) in [6.07, 6.45) is 1.78. The van der Waals surface area contributed by atoms with Gasteiger partial charge in [-0.05, 0) is 48.6 Å². The van der Waals surface area contributed by atoms with Crippen molar-refractivity contribution in [2.45, 2.75) is 43.3 Å². The van der Waals surface area contributed by atoms with E-state index in [0.29, 0.717) is 43.8 Å². The van der Waals surface area contributed by atoms with Gasteiger partial charge in [-0.25, -0.2) is 9.18 Å². The maximum atomic E-state index is 14.1. The Morgan fingerprint density at radius 1 is 1.50 bits per heavy atom. The van der Waals surface area contributed by atoms with Crippen molar-refractivity contribution in [1.29, 1.82) is 0 Å². The lowest BCUT2D eigenvalue weighted by atomic mass is 10.1. The zero-order chi connectivity index (χ0) is 20.3. The minimum atomic E-state index is -1.42. The highest BCUT2D eigenvalue weighted by Crippen LogP contribution is 2.28. The molecule has 0 saturated carbocycles. The third kappa shape index (κ3) is 4.62. The molecule has 1 aliphatic rings. The highest BCUT2D eigenvalue weighted by Gasteiger charge is 2.28. The van der Waals surface area contributed by atoms with E-state index in [1.165, 1.54) is 23.3 Å². The molecule has 1 fully saturated rings. The molecular weight excluding hydrogens is 389 g/mol. The van der Waals surface area contributed by atoms with E-state index in [9.17, 15) is 13.7 Å². The van der Waals surface area contributed by atoms with Crippen LogP contribution < -0.4 is 0 Å². The number of aromatic nitrogens is 2. The standard InChI is InChI=1S/C18H22FN3O5S/c1-3-14(26-12-6-8-22(9-7-12)18(23)24)17-20-16(21-27-17)11-4-5-15(28(2)25)13(19)10-11/h4-5,10,12,14H,3,6-9H2,1-2H3,(H,23,24). The van der Waals surface area contributed by atoms with E-state index in [1.54, 1.807) is 6.07 Å². The number of halogens is 1. The smallest absolute Gasteiger partial charge is 0.407 e. The molecule has 2 aromatic rings. The van der Waals surface area contributed by atoms with E-state index in [4.69, 9.17) is 14.4 Å². The van der Waals surface area contributed by atoms with Gasteiger partial charge in [0.2, 0.25) is 5.82 Å². The number of likely N-dealkylation sites (tertiary alicyclic amines) is 1. The van der Waals surface area contributed by atoms with Crippen molar-refractivity contribution in [3.05, 3.63) is 29.9 Å². The van der Waals surface area contributed by atoms with E-state index in [1.807, 2.05) is 6.92 Å². The highest BCUT2D eigenvalue weighted by molar-refractivity contribution is 7.90. The third-order valence-corrected chi connectivity index (χ3v) is 5.61. The number of amides is 1. The number of carbonyl (C=O) groups is 1. The van der Waals surface area contributed by atoms with E-state index < -0.39 is 29.2 Å². The molecule has 152 valence electrons. The lowest BCUT2D eigenvalue weighted by molar-refractivity contribution is -0.0550. The topological polar surface area (TPSA) is 112 Å². The maximum Gasteiger partial charge on any atom is 0.407 e. The number of carboxylic acid groups (broad SMARTS) is 1. The van der Waals surface area contributed by atoms with Crippen molar-refractivity contribution in [2.75, 3.05) is 19.3 Å².